The van der Waals surface area contributed by atoms with E-state index in [1.807, 2.05) is 0 Å². The molecule has 2 rings (SSSR count). The van der Waals surface area contributed by atoms with Crippen LogP contribution >= 0.6 is 23.2 Å². The second-order valence-corrected chi connectivity index (χ2v) is 8.03. The van der Waals surface area contributed by atoms with Crippen molar-refractivity contribution in [3.05, 3.63) is 62.6 Å². The van der Waals surface area contributed by atoms with Gasteiger partial charge < -0.3 is 5.32 Å². The SMILES string of the molecule is CS(=O)(=O)N(CC(=O)Nc1cccc([N+](=O)[O-])c1)c1cc(Cl)cc(Cl)c1. The van der Waals surface area contributed by atoms with E-state index >= 15 is 0 Å². The molecular formula is C15H13Cl2N3O5S. The van der Waals surface area contributed by atoms with E-state index in [-0.39, 0.29) is 27.1 Å². The lowest BCUT2D eigenvalue weighted by Crippen LogP contribution is -2.37. The van der Waals surface area contributed by atoms with Crippen LogP contribution in [0.3, 0.4) is 0 Å². The van der Waals surface area contributed by atoms with Crippen LogP contribution in [0.5, 0.6) is 0 Å². The van der Waals surface area contributed by atoms with Crippen LogP contribution in [0.15, 0.2) is 42.5 Å². The van der Waals surface area contributed by atoms with E-state index < -0.39 is 27.4 Å². The number of hydrogen-bond donors (Lipinski definition) is 1. The summed E-state index contributed by atoms with van der Waals surface area (Å²) in [5.74, 6) is -0.688. The van der Waals surface area contributed by atoms with Gasteiger partial charge in [-0.1, -0.05) is 29.3 Å². The summed E-state index contributed by atoms with van der Waals surface area (Å²) >= 11 is 11.8. The van der Waals surface area contributed by atoms with Gasteiger partial charge in [0, 0.05) is 27.9 Å². The van der Waals surface area contributed by atoms with E-state index in [4.69, 9.17) is 23.2 Å². The zero-order valence-electron chi connectivity index (χ0n) is 13.3. The molecule has 1 amide bonds. The fourth-order valence-electron chi connectivity index (χ4n) is 2.11. The molecule has 11 heteroatoms. The lowest BCUT2D eigenvalue weighted by molar-refractivity contribution is -0.384. The number of nitrogens with one attached hydrogen (secondary N) is 1. The molecule has 0 aliphatic carbocycles. The van der Waals surface area contributed by atoms with Crippen LogP contribution in [0.1, 0.15) is 0 Å². The molecule has 8 nitrogen and oxygen atoms in total. The van der Waals surface area contributed by atoms with Crippen molar-refractivity contribution in [1.29, 1.82) is 0 Å². The van der Waals surface area contributed by atoms with Crippen LogP contribution in [0.2, 0.25) is 10.0 Å². The highest BCUT2D eigenvalue weighted by atomic mass is 35.5. The van der Waals surface area contributed by atoms with Crippen molar-refractivity contribution in [2.75, 3.05) is 22.4 Å². The standard InChI is InChI=1S/C15H13Cl2N3O5S/c1-26(24,25)19(14-6-10(16)5-11(17)7-14)9-15(21)18-12-3-2-4-13(8-12)20(22)23/h2-8H,9H2,1H3,(H,18,21). The molecule has 2 aromatic carbocycles. The van der Waals surface area contributed by atoms with Gasteiger partial charge in [-0.2, -0.15) is 0 Å². The van der Waals surface area contributed by atoms with E-state index in [1.54, 1.807) is 0 Å². The number of halogens is 2. The zero-order chi connectivity index (χ0) is 19.5. The maximum Gasteiger partial charge on any atom is 0.271 e. The summed E-state index contributed by atoms with van der Waals surface area (Å²) in [4.78, 5) is 22.4. The Kier molecular flexibility index (Phi) is 6.06. The van der Waals surface area contributed by atoms with Crippen molar-refractivity contribution in [3.8, 4) is 0 Å². The van der Waals surface area contributed by atoms with Crippen LogP contribution in [-0.4, -0.2) is 32.0 Å². The fraction of sp³-hybridized carbons (Fsp3) is 0.133. The van der Waals surface area contributed by atoms with Gasteiger partial charge in [-0.25, -0.2) is 8.42 Å². The predicted molar refractivity (Wildman–Crippen MR) is 100 cm³/mol. The van der Waals surface area contributed by atoms with Gasteiger partial charge in [-0.05, 0) is 24.3 Å². The molecule has 0 atom stereocenters. The van der Waals surface area contributed by atoms with Gasteiger partial charge in [-0.15, -0.1) is 0 Å². The molecular weight excluding hydrogens is 405 g/mol. The molecule has 0 aliphatic rings. The third-order valence-corrected chi connectivity index (χ3v) is 4.74. The number of hydrogen-bond acceptors (Lipinski definition) is 5. The van der Waals surface area contributed by atoms with E-state index in [0.29, 0.717) is 0 Å². The minimum atomic E-state index is -3.81. The first-order chi connectivity index (χ1) is 12.1. The quantitative estimate of drug-likeness (QED) is 0.572. The smallest absolute Gasteiger partial charge is 0.271 e. The number of carbonyl (C=O) groups is 1. The van der Waals surface area contributed by atoms with E-state index in [2.05, 4.69) is 5.32 Å². The van der Waals surface area contributed by atoms with Gasteiger partial charge in [0.2, 0.25) is 15.9 Å². The summed E-state index contributed by atoms with van der Waals surface area (Å²) in [6, 6.07) is 9.43. The summed E-state index contributed by atoms with van der Waals surface area (Å²) < 4.78 is 24.9. The zero-order valence-corrected chi connectivity index (χ0v) is 15.7. The maximum absolute atomic E-state index is 12.2. The molecule has 0 fully saturated rings. The second kappa shape index (κ2) is 7.90. The van der Waals surface area contributed by atoms with Crippen molar-refractivity contribution < 1.29 is 18.1 Å². The number of nitro groups is 1. The fourth-order valence-corrected chi connectivity index (χ4v) is 3.47. The minimum Gasteiger partial charge on any atom is -0.324 e. The predicted octanol–water partition coefficient (Wildman–Crippen LogP) is 3.31. The molecule has 138 valence electrons. The Labute approximate surface area is 159 Å². The number of amides is 1. The molecule has 26 heavy (non-hydrogen) atoms. The molecule has 0 aliphatic heterocycles. The third kappa shape index (κ3) is 5.32. The van der Waals surface area contributed by atoms with E-state index in [0.717, 1.165) is 10.6 Å². The summed E-state index contributed by atoms with van der Waals surface area (Å²) in [5.41, 5.74) is 0.0883. The van der Waals surface area contributed by atoms with Gasteiger partial charge >= 0.3 is 0 Å². The molecule has 0 unspecified atom stereocenters. The third-order valence-electron chi connectivity index (χ3n) is 3.16. The average Bonchev–Trinajstić information content (AvgIpc) is 2.50. The Bertz CT molecular complexity index is 945. The molecule has 2 aromatic rings. The van der Waals surface area contributed by atoms with Crippen LogP contribution in [-0.2, 0) is 14.8 Å². The largest absolute Gasteiger partial charge is 0.324 e. The van der Waals surface area contributed by atoms with Gasteiger partial charge in [0.15, 0.2) is 0 Å². The van der Waals surface area contributed by atoms with E-state index in [9.17, 15) is 23.3 Å². The topological polar surface area (TPSA) is 110 Å². The Morgan fingerprint density at radius 2 is 1.81 bits per heavy atom. The molecule has 0 spiro atoms. The Hall–Kier alpha value is -2.36. The molecule has 0 saturated heterocycles. The molecule has 0 aromatic heterocycles. The number of benzene rings is 2. The normalized spacial score (nSPS) is 11.0. The van der Waals surface area contributed by atoms with E-state index in [1.165, 1.54) is 42.5 Å². The van der Waals surface area contributed by atoms with Gasteiger partial charge in [0.25, 0.3) is 5.69 Å². The highest BCUT2D eigenvalue weighted by Crippen LogP contribution is 2.27. The van der Waals surface area contributed by atoms with Gasteiger partial charge in [0.1, 0.15) is 6.54 Å². The molecule has 0 radical (unpaired) electrons. The molecule has 0 saturated carbocycles. The number of sulfonamides is 1. The highest BCUT2D eigenvalue weighted by Gasteiger charge is 2.22. The Morgan fingerprint density at radius 1 is 1.19 bits per heavy atom. The maximum atomic E-state index is 12.2. The number of carbonyl (C=O) groups excluding carboxylic acids is 1. The Morgan fingerprint density at radius 3 is 2.35 bits per heavy atom. The Balaban J connectivity index is 2.25. The van der Waals surface area contributed by atoms with Crippen LogP contribution in [0.25, 0.3) is 0 Å². The second-order valence-electron chi connectivity index (χ2n) is 5.25. The summed E-state index contributed by atoms with van der Waals surface area (Å²) in [6.07, 6.45) is 0.933. The summed E-state index contributed by atoms with van der Waals surface area (Å²) in [5, 5.41) is 13.6. The van der Waals surface area contributed by atoms with Gasteiger partial charge in [0.05, 0.1) is 16.9 Å². The number of nitrogens with zero attached hydrogens (tertiary/aromatic N) is 2. The number of nitro benzene ring substituents is 1. The van der Waals surface area contributed by atoms with Crippen LogP contribution in [0.4, 0.5) is 17.1 Å². The number of rotatable bonds is 6. The van der Waals surface area contributed by atoms with Crippen LogP contribution < -0.4 is 9.62 Å². The van der Waals surface area contributed by atoms with Crippen molar-refractivity contribution in [3.63, 3.8) is 0 Å². The first kappa shape index (κ1) is 20.0. The highest BCUT2D eigenvalue weighted by molar-refractivity contribution is 7.92. The van der Waals surface area contributed by atoms with Crippen molar-refractivity contribution in [2.45, 2.75) is 0 Å². The number of anilines is 2. The number of non-ortho nitro benzene ring substituents is 1. The molecule has 0 heterocycles. The summed E-state index contributed by atoms with van der Waals surface area (Å²) in [7, 11) is -3.81. The molecule has 0 bridgehead atoms. The monoisotopic (exact) mass is 417 g/mol. The van der Waals surface area contributed by atoms with Crippen molar-refractivity contribution in [1.82, 2.24) is 0 Å². The van der Waals surface area contributed by atoms with Crippen LogP contribution in [0, 0.1) is 10.1 Å². The lowest BCUT2D eigenvalue weighted by atomic mass is 10.3. The van der Waals surface area contributed by atoms with Crippen molar-refractivity contribution in [2.24, 2.45) is 0 Å². The lowest BCUT2D eigenvalue weighted by Gasteiger charge is -2.22. The molecule has 1 N–H and O–H groups in total. The average molecular weight is 418 g/mol. The minimum absolute atomic E-state index is 0.124. The first-order valence-corrected chi connectivity index (χ1v) is 9.65. The van der Waals surface area contributed by atoms with Gasteiger partial charge in [-0.3, -0.25) is 19.2 Å². The first-order valence-electron chi connectivity index (χ1n) is 7.04. The van der Waals surface area contributed by atoms with Crippen molar-refractivity contribution >= 4 is 56.2 Å². The summed E-state index contributed by atoms with van der Waals surface area (Å²) in [6.45, 7) is -0.557.